The average molecular weight is 542 g/mol. The summed E-state index contributed by atoms with van der Waals surface area (Å²) < 4.78 is 68.3. The Balaban J connectivity index is 2.02. The summed E-state index contributed by atoms with van der Waals surface area (Å²) in [5, 5.41) is 5.54. The van der Waals surface area contributed by atoms with Gasteiger partial charge in [-0.05, 0) is 35.9 Å². The van der Waals surface area contributed by atoms with Crippen molar-refractivity contribution in [3.63, 3.8) is 0 Å². The number of anilines is 1. The van der Waals surface area contributed by atoms with E-state index < -0.39 is 35.0 Å². The minimum absolute atomic E-state index is 0.00605. The molecule has 29 heavy (non-hydrogen) atoms. The number of rotatable bonds is 4. The van der Waals surface area contributed by atoms with Crippen molar-refractivity contribution in [2.24, 2.45) is 0 Å². The molecule has 0 radical (unpaired) electrons. The molecule has 1 amide bonds. The number of nitrogens with zero attached hydrogens (tertiary/aromatic N) is 2. The van der Waals surface area contributed by atoms with Crippen LogP contribution in [0.15, 0.2) is 42.6 Å². The van der Waals surface area contributed by atoms with E-state index in [0.29, 0.717) is 0 Å². The van der Waals surface area contributed by atoms with E-state index in [4.69, 9.17) is 11.6 Å². The highest BCUT2D eigenvalue weighted by Gasteiger charge is 2.39. The van der Waals surface area contributed by atoms with Crippen LogP contribution in [0.5, 0.6) is 0 Å². The Bertz CT molecular complexity index is 1080. The summed E-state index contributed by atoms with van der Waals surface area (Å²) in [5.74, 6) is -2.54. The van der Waals surface area contributed by atoms with Crippen LogP contribution in [0.2, 0.25) is 5.02 Å². The van der Waals surface area contributed by atoms with Crippen LogP contribution in [0.25, 0.3) is 11.1 Å². The Labute approximate surface area is 179 Å². The van der Waals surface area contributed by atoms with Crippen molar-refractivity contribution in [1.82, 2.24) is 9.78 Å². The fourth-order valence-corrected chi connectivity index (χ4v) is 3.04. The fourth-order valence-electron chi connectivity index (χ4n) is 2.58. The predicted molar refractivity (Wildman–Crippen MR) is 106 cm³/mol. The molecule has 2 aromatic carbocycles. The highest BCUT2D eigenvalue weighted by molar-refractivity contribution is 14.1. The second-order valence-electron chi connectivity index (χ2n) is 5.82. The molecule has 0 aliphatic rings. The maximum Gasteiger partial charge on any atom is 0.435 e. The minimum Gasteiger partial charge on any atom is -0.321 e. The second kappa shape index (κ2) is 8.27. The third-order valence-corrected chi connectivity index (χ3v) is 4.86. The van der Waals surface area contributed by atoms with Crippen molar-refractivity contribution >= 4 is 45.8 Å². The zero-order valence-electron chi connectivity index (χ0n) is 14.2. The first-order valence-corrected chi connectivity index (χ1v) is 9.77. The maximum atomic E-state index is 13.8. The Kier molecular flexibility index (Phi) is 6.13. The third kappa shape index (κ3) is 4.69. The van der Waals surface area contributed by atoms with Crippen LogP contribution in [0, 0.1) is 11.6 Å². The molecule has 0 saturated heterocycles. The van der Waals surface area contributed by atoms with Crippen LogP contribution in [-0.2, 0) is 10.7 Å². The highest BCUT2D eigenvalue weighted by Crippen LogP contribution is 2.34. The molecule has 0 aliphatic heterocycles. The van der Waals surface area contributed by atoms with Crippen LogP contribution >= 0.6 is 34.2 Å². The van der Waals surface area contributed by atoms with E-state index in [9.17, 15) is 26.7 Å². The van der Waals surface area contributed by atoms with Gasteiger partial charge < -0.3 is 5.32 Å². The first-order valence-electron chi connectivity index (χ1n) is 7.87. The molecule has 3 aromatic rings. The normalized spacial score (nSPS) is 11.6. The van der Waals surface area contributed by atoms with E-state index in [1.54, 1.807) is 22.6 Å². The molecule has 3 rings (SSSR count). The lowest BCUT2D eigenvalue weighted by Gasteiger charge is -2.13. The van der Waals surface area contributed by atoms with Crippen molar-refractivity contribution in [1.29, 1.82) is 0 Å². The lowest BCUT2D eigenvalue weighted by molar-refractivity contribution is -0.141. The van der Waals surface area contributed by atoms with Gasteiger partial charge in [-0.25, -0.2) is 8.78 Å². The van der Waals surface area contributed by atoms with Crippen molar-refractivity contribution in [2.75, 3.05) is 5.32 Å². The lowest BCUT2D eigenvalue weighted by Crippen LogP contribution is -2.18. The molecule has 0 fully saturated rings. The highest BCUT2D eigenvalue weighted by atomic mass is 127. The molecule has 1 aromatic heterocycles. The number of alkyl halides is 4. The van der Waals surface area contributed by atoms with E-state index in [-0.39, 0.29) is 26.4 Å². The average Bonchev–Trinajstić information content (AvgIpc) is 3.10. The van der Waals surface area contributed by atoms with E-state index in [1.165, 1.54) is 18.2 Å². The summed E-state index contributed by atoms with van der Waals surface area (Å²) in [6.45, 7) is 0. The molecule has 0 atom stereocenters. The molecule has 0 spiro atoms. The maximum absolute atomic E-state index is 13.8. The summed E-state index contributed by atoms with van der Waals surface area (Å²) in [5.41, 5.74) is -1.78. The number of nitrogens with one attached hydrogen (secondary N) is 1. The number of halogens is 7. The summed E-state index contributed by atoms with van der Waals surface area (Å²) in [6.07, 6.45) is -3.87. The smallest absolute Gasteiger partial charge is 0.321 e. The molecular weight excluding hydrogens is 532 g/mol. The van der Waals surface area contributed by atoms with Crippen molar-refractivity contribution in [2.45, 2.75) is 10.7 Å². The molecule has 1 heterocycles. The van der Waals surface area contributed by atoms with Gasteiger partial charge in [-0.3, -0.25) is 9.48 Å². The third-order valence-electron chi connectivity index (χ3n) is 3.86. The number of benzene rings is 2. The van der Waals surface area contributed by atoms with E-state index >= 15 is 0 Å². The minimum atomic E-state index is -4.84. The first-order chi connectivity index (χ1) is 13.6. The van der Waals surface area contributed by atoms with Gasteiger partial charge >= 0.3 is 6.18 Å². The zero-order chi connectivity index (χ0) is 21.3. The topological polar surface area (TPSA) is 46.9 Å². The van der Waals surface area contributed by atoms with Crippen LogP contribution < -0.4 is 5.32 Å². The van der Waals surface area contributed by atoms with Gasteiger partial charge in [0.05, 0.1) is 15.1 Å². The molecule has 0 aliphatic carbocycles. The van der Waals surface area contributed by atoms with Gasteiger partial charge in [0.25, 0.3) is 5.91 Å². The van der Waals surface area contributed by atoms with Crippen LogP contribution in [0.4, 0.5) is 27.6 Å². The molecule has 11 heteroatoms. The largest absolute Gasteiger partial charge is 0.435 e. The van der Waals surface area contributed by atoms with Gasteiger partial charge in [0.15, 0.2) is 5.69 Å². The van der Waals surface area contributed by atoms with Gasteiger partial charge in [-0.1, -0.05) is 40.3 Å². The second-order valence-corrected chi connectivity index (χ2v) is 6.91. The molecule has 0 unspecified atom stereocenters. The molecule has 0 saturated carbocycles. The zero-order valence-corrected chi connectivity index (χ0v) is 17.1. The Morgan fingerprint density at radius 2 is 1.90 bits per heavy atom. The molecule has 152 valence electrons. The Morgan fingerprint density at radius 3 is 2.52 bits per heavy atom. The number of hydrogen-bond donors (Lipinski definition) is 1. The molecule has 4 nitrogen and oxygen atoms in total. The van der Waals surface area contributed by atoms with Gasteiger partial charge in [0.2, 0.25) is 0 Å². The SMILES string of the molecule is O=C(Nc1ccc(F)cc1-c1ccc(Cl)c(F)c1)c1cn(CI)nc1C(F)(F)F. The summed E-state index contributed by atoms with van der Waals surface area (Å²) in [4.78, 5) is 12.5. The monoisotopic (exact) mass is 541 g/mol. The number of hydrogen-bond acceptors (Lipinski definition) is 2. The first kappa shape index (κ1) is 21.5. The van der Waals surface area contributed by atoms with Crippen LogP contribution in [-0.4, -0.2) is 15.7 Å². The molecule has 0 bridgehead atoms. The fraction of sp³-hybridized carbons (Fsp3) is 0.111. The Hall–Kier alpha value is -2.21. The van der Waals surface area contributed by atoms with Gasteiger partial charge in [-0.15, -0.1) is 0 Å². The van der Waals surface area contributed by atoms with E-state index in [1.807, 2.05) is 0 Å². The van der Waals surface area contributed by atoms with Gasteiger partial charge in [0, 0.05) is 17.4 Å². The molecular formula is C18H10ClF5IN3O. The number of amides is 1. The standard InChI is InChI=1S/C18H10ClF5IN3O/c19-13-3-1-9(5-14(13)21)11-6-10(20)2-4-15(11)26-17(29)12-7-28(8-25)27-16(12)18(22,23)24/h1-7H,8H2,(H,26,29). The van der Waals surface area contributed by atoms with Crippen LogP contribution in [0.1, 0.15) is 16.1 Å². The van der Waals surface area contributed by atoms with Crippen LogP contribution in [0.3, 0.4) is 0 Å². The summed E-state index contributed by atoms with van der Waals surface area (Å²) in [6, 6.07) is 6.88. The summed E-state index contributed by atoms with van der Waals surface area (Å²) >= 11 is 7.44. The number of carbonyl (C=O) groups excluding carboxylic acids is 1. The lowest BCUT2D eigenvalue weighted by atomic mass is 10.0. The van der Waals surface area contributed by atoms with E-state index in [2.05, 4.69) is 10.4 Å². The van der Waals surface area contributed by atoms with Crippen molar-refractivity contribution < 1.29 is 26.7 Å². The Morgan fingerprint density at radius 1 is 1.17 bits per heavy atom. The van der Waals surface area contributed by atoms with Gasteiger partial charge in [-0.2, -0.15) is 18.3 Å². The molecule has 1 N–H and O–H groups in total. The number of aromatic nitrogens is 2. The quantitative estimate of drug-likeness (QED) is 0.245. The van der Waals surface area contributed by atoms with Crippen molar-refractivity contribution in [3.8, 4) is 11.1 Å². The van der Waals surface area contributed by atoms with Crippen molar-refractivity contribution in [3.05, 3.63) is 70.5 Å². The predicted octanol–water partition coefficient (Wildman–Crippen LogP) is 6.15. The summed E-state index contributed by atoms with van der Waals surface area (Å²) in [7, 11) is 0. The number of carbonyl (C=O) groups is 1. The van der Waals surface area contributed by atoms with E-state index in [0.717, 1.165) is 29.1 Å². The van der Waals surface area contributed by atoms with Gasteiger partial charge in [0.1, 0.15) is 11.6 Å².